The number of aromatic nitrogens is 2. The second kappa shape index (κ2) is 6.49. The van der Waals surface area contributed by atoms with Gasteiger partial charge in [0.15, 0.2) is 0 Å². The fourth-order valence-electron chi connectivity index (χ4n) is 3.31. The Labute approximate surface area is 124 Å². The molecule has 0 N–H and O–H groups in total. The van der Waals surface area contributed by atoms with E-state index in [9.17, 15) is 4.79 Å². The average molecular weight is 291 g/mol. The van der Waals surface area contributed by atoms with Crippen LogP contribution in [0.1, 0.15) is 30.1 Å². The molecule has 1 amide bonds. The molecule has 114 valence electrons. The highest BCUT2D eigenvalue weighted by atomic mass is 16.5. The number of amides is 1. The minimum absolute atomic E-state index is 0.0280. The highest BCUT2D eigenvalue weighted by molar-refractivity contribution is 5.94. The van der Waals surface area contributed by atoms with Gasteiger partial charge in [0.1, 0.15) is 0 Å². The number of rotatable bonds is 4. The third-order valence-electron chi connectivity index (χ3n) is 4.28. The summed E-state index contributed by atoms with van der Waals surface area (Å²) >= 11 is 0. The molecule has 2 heterocycles. The van der Waals surface area contributed by atoms with Crippen molar-refractivity contribution in [3.8, 4) is 0 Å². The molecule has 0 spiro atoms. The highest BCUT2D eigenvalue weighted by Gasteiger charge is 2.43. The first-order valence-electron chi connectivity index (χ1n) is 7.56. The van der Waals surface area contributed by atoms with Gasteiger partial charge in [-0.15, -0.1) is 0 Å². The molecule has 3 atom stereocenters. The Hall–Kier alpha value is -1.53. The van der Waals surface area contributed by atoms with Crippen LogP contribution in [0.25, 0.3) is 0 Å². The standard InChI is InChI=1S/C15H21N3O3/c1-2-20-10-11-7-13-14(8-11)21-6-5-18(13)15(19)12-3-4-16-17-9-12/h3-4,9,11,13-14H,2,5-8,10H2,1H3/t11-,13+,14+/m0/s1. The summed E-state index contributed by atoms with van der Waals surface area (Å²) in [5.74, 6) is 0.504. The van der Waals surface area contributed by atoms with E-state index in [1.165, 1.54) is 6.20 Å². The molecular formula is C15H21N3O3. The fraction of sp³-hybridized carbons (Fsp3) is 0.667. The molecule has 1 saturated carbocycles. The van der Waals surface area contributed by atoms with Crippen molar-refractivity contribution >= 4 is 5.91 Å². The van der Waals surface area contributed by atoms with Crippen molar-refractivity contribution < 1.29 is 14.3 Å². The van der Waals surface area contributed by atoms with Crippen LogP contribution < -0.4 is 0 Å². The monoisotopic (exact) mass is 291 g/mol. The van der Waals surface area contributed by atoms with Crippen molar-refractivity contribution in [3.05, 3.63) is 24.0 Å². The quantitative estimate of drug-likeness (QED) is 0.832. The molecule has 6 nitrogen and oxygen atoms in total. The SMILES string of the molecule is CCOC[C@H]1C[C@@H]2[C@@H](C1)OCCN2C(=O)c1ccnnc1. The van der Waals surface area contributed by atoms with Crippen LogP contribution in [-0.2, 0) is 9.47 Å². The molecule has 2 fully saturated rings. The van der Waals surface area contributed by atoms with E-state index in [4.69, 9.17) is 9.47 Å². The van der Waals surface area contributed by atoms with E-state index in [0.29, 0.717) is 24.6 Å². The lowest BCUT2D eigenvalue weighted by Crippen LogP contribution is -2.51. The number of nitrogens with zero attached hydrogens (tertiary/aromatic N) is 3. The summed E-state index contributed by atoms with van der Waals surface area (Å²) in [5, 5.41) is 7.52. The summed E-state index contributed by atoms with van der Waals surface area (Å²) < 4.78 is 11.4. The highest BCUT2D eigenvalue weighted by Crippen LogP contribution is 2.35. The molecule has 1 saturated heterocycles. The lowest BCUT2D eigenvalue weighted by molar-refractivity contribution is -0.0450. The van der Waals surface area contributed by atoms with Gasteiger partial charge in [0.2, 0.25) is 0 Å². The van der Waals surface area contributed by atoms with Crippen LogP contribution in [0.3, 0.4) is 0 Å². The maximum atomic E-state index is 12.6. The summed E-state index contributed by atoms with van der Waals surface area (Å²) in [5.41, 5.74) is 0.596. The van der Waals surface area contributed by atoms with Crippen molar-refractivity contribution in [2.75, 3.05) is 26.4 Å². The number of ether oxygens (including phenoxy) is 2. The van der Waals surface area contributed by atoms with Crippen molar-refractivity contribution in [2.45, 2.75) is 31.9 Å². The molecule has 3 rings (SSSR count). The van der Waals surface area contributed by atoms with Crippen LogP contribution in [0.5, 0.6) is 0 Å². The summed E-state index contributed by atoms with van der Waals surface area (Å²) in [6.45, 7) is 4.74. The van der Waals surface area contributed by atoms with E-state index in [-0.39, 0.29) is 18.1 Å². The summed E-state index contributed by atoms with van der Waals surface area (Å²) in [7, 11) is 0. The Kier molecular flexibility index (Phi) is 4.45. The zero-order valence-corrected chi connectivity index (χ0v) is 12.3. The predicted octanol–water partition coefficient (Wildman–Crippen LogP) is 1.13. The predicted molar refractivity (Wildman–Crippen MR) is 75.8 cm³/mol. The molecule has 1 aromatic rings. The van der Waals surface area contributed by atoms with E-state index in [1.807, 2.05) is 11.8 Å². The number of hydrogen-bond acceptors (Lipinski definition) is 5. The second-order valence-corrected chi connectivity index (χ2v) is 5.60. The van der Waals surface area contributed by atoms with Crippen molar-refractivity contribution in [1.29, 1.82) is 0 Å². The van der Waals surface area contributed by atoms with Gasteiger partial charge in [0.05, 0.1) is 36.7 Å². The summed E-state index contributed by atoms with van der Waals surface area (Å²) in [6.07, 6.45) is 5.15. The molecule has 0 unspecified atom stereocenters. The van der Waals surface area contributed by atoms with Gasteiger partial charge in [-0.1, -0.05) is 0 Å². The first-order valence-corrected chi connectivity index (χ1v) is 7.56. The van der Waals surface area contributed by atoms with E-state index in [1.54, 1.807) is 12.3 Å². The van der Waals surface area contributed by atoms with Crippen molar-refractivity contribution in [1.82, 2.24) is 15.1 Å². The smallest absolute Gasteiger partial charge is 0.255 e. The Morgan fingerprint density at radius 3 is 3.14 bits per heavy atom. The van der Waals surface area contributed by atoms with Crippen LogP contribution in [0.15, 0.2) is 18.5 Å². The Balaban J connectivity index is 1.70. The molecule has 1 aromatic heterocycles. The zero-order valence-electron chi connectivity index (χ0n) is 12.3. The van der Waals surface area contributed by atoms with Gasteiger partial charge in [0.25, 0.3) is 5.91 Å². The van der Waals surface area contributed by atoms with Gasteiger partial charge in [-0.2, -0.15) is 10.2 Å². The first kappa shape index (κ1) is 14.4. The molecule has 0 radical (unpaired) electrons. The number of fused-ring (bicyclic) bond motifs is 1. The van der Waals surface area contributed by atoms with Crippen LogP contribution >= 0.6 is 0 Å². The minimum Gasteiger partial charge on any atom is -0.381 e. The lowest BCUT2D eigenvalue weighted by atomic mass is 10.1. The molecule has 21 heavy (non-hydrogen) atoms. The third-order valence-corrected chi connectivity index (χ3v) is 4.28. The molecular weight excluding hydrogens is 270 g/mol. The van der Waals surface area contributed by atoms with E-state index in [2.05, 4.69) is 10.2 Å². The van der Waals surface area contributed by atoms with Gasteiger partial charge < -0.3 is 14.4 Å². The van der Waals surface area contributed by atoms with Gasteiger partial charge in [-0.25, -0.2) is 0 Å². The van der Waals surface area contributed by atoms with Crippen LogP contribution in [0.2, 0.25) is 0 Å². The fourth-order valence-corrected chi connectivity index (χ4v) is 3.31. The number of carbonyl (C=O) groups excluding carboxylic acids is 1. The van der Waals surface area contributed by atoms with E-state index in [0.717, 1.165) is 26.1 Å². The number of carbonyl (C=O) groups is 1. The third kappa shape index (κ3) is 3.06. The van der Waals surface area contributed by atoms with Gasteiger partial charge in [0, 0.05) is 19.8 Å². The maximum absolute atomic E-state index is 12.6. The van der Waals surface area contributed by atoms with Gasteiger partial charge >= 0.3 is 0 Å². The van der Waals surface area contributed by atoms with Crippen molar-refractivity contribution in [2.24, 2.45) is 5.92 Å². The largest absolute Gasteiger partial charge is 0.381 e. The van der Waals surface area contributed by atoms with Gasteiger partial charge in [-0.3, -0.25) is 4.79 Å². The number of morpholine rings is 1. The normalized spacial score (nSPS) is 28.4. The molecule has 0 aromatic carbocycles. The summed E-state index contributed by atoms with van der Waals surface area (Å²) in [4.78, 5) is 14.6. The Morgan fingerprint density at radius 2 is 2.38 bits per heavy atom. The Bertz CT molecular complexity index is 482. The molecule has 2 aliphatic rings. The molecule has 1 aliphatic carbocycles. The lowest BCUT2D eigenvalue weighted by Gasteiger charge is -2.37. The first-order chi connectivity index (χ1) is 10.3. The van der Waals surface area contributed by atoms with E-state index < -0.39 is 0 Å². The second-order valence-electron chi connectivity index (χ2n) is 5.60. The van der Waals surface area contributed by atoms with Crippen LogP contribution in [0.4, 0.5) is 0 Å². The molecule has 0 bridgehead atoms. The minimum atomic E-state index is 0.0280. The Morgan fingerprint density at radius 1 is 1.48 bits per heavy atom. The van der Waals surface area contributed by atoms with E-state index >= 15 is 0 Å². The molecule has 6 heteroatoms. The summed E-state index contributed by atoms with van der Waals surface area (Å²) in [6, 6.07) is 1.87. The maximum Gasteiger partial charge on any atom is 0.255 e. The topological polar surface area (TPSA) is 64.6 Å². The average Bonchev–Trinajstić information content (AvgIpc) is 2.96. The van der Waals surface area contributed by atoms with Gasteiger partial charge in [-0.05, 0) is 31.7 Å². The van der Waals surface area contributed by atoms with Crippen molar-refractivity contribution in [3.63, 3.8) is 0 Å². The molecule has 1 aliphatic heterocycles. The zero-order chi connectivity index (χ0) is 14.7. The number of hydrogen-bond donors (Lipinski definition) is 0. The van der Waals surface area contributed by atoms with Crippen LogP contribution in [0, 0.1) is 5.92 Å². The van der Waals surface area contributed by atoms with Crippen LogP contribution in [-0.4, -0.2) is 59.5 Å².